The van der Waals surface area contributed by atoms with Crippen molar-refractivity contribution in [2.75, 3.05) is 5.32 Å². The van der Waals surface area contributed by atoms with Gasteiger partial charge in [-0.05, 0) is 12.1 Å². The molecule has 1 atom stereocenters. The van der Waals surface area contributed by atoms with Crippen LogP contribution in [0.25, 0.3) is 11.1 Å². The summed E-state index contributed by atoms with van der Waals surface area (Å²) in [7, 11) is 0. The van der Waals surface area contributed by atoms with Gasteiger partial charge >= 0.3 is 0 Å². The van der Waals surface area contributed by atoms with Crippen LogP contribution in [0, 0.1) is 12.7 Å². The Morgan fingerprint density at radius 2 is 2.15 bits per heavy atom. The zero-order valence-corrected chi connectivity index (χ0v) is 10.4. The molecule has 0 fully saturated rings. The van der Waals surface area contributed by atoms with Gasteiger partial charge in [-0.1, -0.05) is 12.1 Å². The fourth-order valence-electron chi connectivity index (χ4n) is 1.72. The lowest BCUT2D eigenvalue weighted by molar-refractivity contribution is 0.268. The van der Waals surface area contributed by atoms with E-state index < -0.39 is 12.0 Å². The van der Waals surface area contributed by atoms with Crippen molar-refractivity contribution in [2.45, 2.75) is 6.23 Å². The van der Waals surface area contributed by atoms with E-state index >= 15 is 0 Å². The SMILES string of the molecule is [CH2]C(Nc1nc2ccccc2o1)Oc1cncc(F)c1. The molecule has 0 amide bonds. The number of nitrogens with one attached hydrogen (secondary N) is 1. The van der Waals surface area contributed by atoms with Crippen LogP contribution < -0.4 is 10.1 Å². The number of oxazole rings is 1. The quantitative estimate of drug-likeness (QED) is 0.740. The highest BCUT2D eigenvalue weighted by atomic mass is 19.1. The van der Waals surface area contributed by atoms with Crippen molar-refractivity contribution in [2.24, 2.45) is 0 Å². The molecule has 0 spiro atoms. The molecule has 101 valence electrons. The van der Waals surface area contributed by atoms with Crippen LogP contribution in [0.3, 0.4) is 0 Å². The van der Waals surface area contributed by atoms with Crippen LogP contribution in [0.2, 0.25) is 0 Å². The largest absolute Gasteiger partial charge is 0.469 e. The normalized spacial score (nSPS) is 12.3. The number of halogens is 1. The maximum atomic E-state index is 13.0. The number of benzene rings is 1. The van der Waals surface area contributed by atoms with Crippen molar-refractivity contribution in [1.82, 2.24) is 9.97 Å². The molecule has 0 aliphatic heterocycles. The summed E-state index contributed by atoms with van der Waals surface area (Å²) in [5.41, 5.74) is 1.39. The van der Waals surface area contributed by atoms with E-state index in [2.05, 4.69) is 22.2 Å². The second-order valence-corrected chi connectivity index (χ2v) is 4.08. The minimum Gasteiger partial charge on any atom is -0.469 e. The molecule has 2 heterocycles. The molecule has 0 aliphatic carbocycles. The highest BCUT2D eigenvalue weighted by Crippen LogP contribution is 2.19. The summed E-state index contributed by atoms with van der Waals surface area (Å²) in [6.45, 7) is 3.74. The Balaban J connectivity index is 1.70. The monoisotopic (exact) mass is 272 g/mol. The summed E-state index contributed by atoms with van der Waals surface area (Å²) in [5, 5.41) is 2.84. The van der Waals surface area contributed by atoms with Crippen molar-refractivity contribution in [3.05, 3.63) is 55.5 Å². The second kappa shape index (κ2) is 5.16. The topological polar surface area (TPSA) is 60.2 Å². The van der Waals surface area contributed by atoms with E-state index in [-0.39, 0.29) is 11.8 Å². The molecule has 3 aromatic rings. The average molecular weight is 272 g/mol. The molecule has 6 heteroatoms. The van der Waals surface area contributed by atoms with Gasteiger partial charge in [0.2, 0.25) is 0 Å². The summed E-state index contributed by atoms with van der Waals surface area (Å²) in [6, 6.07) is 8.87. The van der Waals surface area contributed by atoms with Gasteiger partial charge < -0.3 is 14.5 Å². The van der Waals surface area contributed by atoms with Crippen LogP contribution in [0.4, 0.5) is 10.4 Å². The highest BCUT2D eigenvalue weighted by Gasteiger charge is 2.10. The van der Waals surface area contributed by atoms with E-state index in [9.17, 15) is 4.39 Å². The van der Waals surface area contributed by atoms with E-state index in [4.69, 9.17) is 9.15 Å². The number of nitrogens with zero attached hydrogens (tertiary/aromatic N) is 2. The Morgan fingerprint density at radius 3 is 2.95 bits per heavy atom. The Kier molecular flexibility index (Phi) is 3.20. The van der Waals surface area contributed by atoms with Crippen LogP contribution in [0.1, 0.15) is 0 Å². The van der Waals surface area contributed by atoms with E-state index in [0.29, 0.717) is 5.58 Å². The molecular weight excluding hydrogens is 261 g/mol. The standard InChI is InChI=1S/C14H11FN3O2/c1-9(19-11-6-10(15)7-16-8-11)17-14-18-12-4-2-3-5-13(12)20-14/h2-9H,1H2,(H,17,18). The molecule has 3 rings (SSSR count). The van der Waals surface area contributed by atoms with Crippen molar-refractivity contribution in [1.29, 1.82) is 0 Å². The van der Waals surface area contributed by atoms with Gasteiger partial charge in [0.1, 0.15) is 17.1 Å². The smallest absolute Gasteiger partial charge is 0.298 e. The Morgan fingerprint density at radius 1 is 1.30 bits per heavy atom. The van der Waals surface area contributed by atoms with Crippen molar-refractivity contribution < 1.29 is 13.5 Å². The van der Waals surface area contributed by atoms with E-state index in [1.165, 1.54) is 12.3 Å². The van der Waals surface area contributed by atoms with Gasteiger partial charge in [0.25, 0.3) is 6.01 Å². The molecule has 1 aromatic carbocycles. The molecule has 1 unspecified atom stereocenters. The van der Waals surface area contributed by atoms with Crippen LogP contribution in [0.15, 0.2) is 47.1 Å². The Hall–Kier alpha value is -2.63. The Bertz CT molecular complexity index is 696. The number of hydrogen-bond acceptors (Lipinski definition) is 5. The summed E-state index contributed by atoms with van der Waals surface area (Å²) in [4.78, 5) is 7.91. The third-order valence-electron chi connectivity index (χ3n) is 2.54. The lowest BCUT2D eigenvalue weighted by Crippen LogP contribution is -2.23. The lowest BCUT2D eigenvalue weighted by Gasteiger charge is -2.14. The van der Waals surface area contributed by atoms with Crippen LogP contribution in [0.5, 0.6) is 5.75 Å². The second-order valence-electron chi connectivity index (χ2n) is 4.08. The molecule has 1 radical (unpaired) electrons. The molecule has 20 heavy (non-hydrogen) atoms. The number of aromatic nitrogens is 2. The van der Waals surface area contributed by atoms with Gasteiger partial charge in [-0.25, -0.2) is 4.39 Å². The van der Waals surface area contributed by atoms with Crippen LogP contribution >= 0.6 is 0 Å². The number of ether oxygens (including phenoxy) is 1. The van der Waals surface area contributed by atoms with E-state index in [1.807, 2.05) is 24.3 Å². The van der Waals surface area contributed by atoms with Crippen LogP contribution in [-0.4, -0.2) is 16.2 Å². The predicted octanol–water partition coefficient (Wildman–Crippen LogP) is 3.01. The molecule has 0 bridgehead atoms. The molecule has 2 aromatic heterocycles. The third-order valence-corrected chi connectivity index (χ3v) is 2.54. The molecular formula is C14H11FN3O2. The summed E-state index contributed by atoms with van der Waals surface area (Å²) in [5.74, 6) is -0.204. The van der Waals surface area contributed by atoms with Gasteiger partial charge in [-0.3, -0.25) is 4.98 Å². The molecule has 5 nitrogen and oxygen atoms in total. The fraction of sp³-hybridized carbons (Fsp3) is 0.0714. The maximum Gasteiger partial charge on any atom is 0.298 e. The number of hydrogen-bond donors (Lipinski definition) is 1. The zero-order chi connectivity index (χ0) is 13.9. The van der Waals surface area contributed by atoms with E-state index in [1.54, 1.807) is 0 Å². The van der Waals surface area contributed by atoms with Gasteiger partial charge in [0.05, 0.1) is 12.4 Å². The predicted molar refractivity (Wildman–Crippen MR) is 71.6 cm³/mol. The zero-order valence-electron chi connectivity index (χ0n) is 10.4. The van der Waals surface area contributed by atoms with Gasteiger partial charge in [0, 0.05) is 13.0 Å². The van der Waals surface area contributed by atoms with E-state index in [0.717, 1.165) is 11.7 Å². The highest BCUT2D eigenvalue weighted by molar-refractivity contribution is 5.74. The first-order valence-electron chi connectivity index (χ1n) is 5.93. The summed E-state index contributed by atoms with van der Waals surface area (Å²) < 4.78 is 23.8. The number of para-hydroxylation sites is 2. The first kappa shape index (κ1) is 12.4. The van der Waals surface area contributed by atoms with Gasteiger partial charge in [0.15, 0.2) is 11.8 Å². The minimum absolute atomic E-state index is 0.272. The minimum atomic E-state index is -0.688. The number of rotatable bonds is 4. The molecule has 0 aliphatic rings. The lowest BCUT2D eigenvalue weighted by atomic mass is 10.3. The number of fused-ring (bicyclic) bond motifs is 1. The third kappa shape index (κ3) is 2.69. The van der Waals surface area contributed by atoms with Crippen molar-refractivity contribution in [3.8, 4) is 5.75 Å². The Labute approximate surface area is 114 Å². The summed E-state index contributed by atoms with van der Waals surface area (Å²) in [6.07, 6.45) is 1.81. The fourth-order valence-corrected chi connectivity index (χ4v) is 1.72. The molecule has 1 N–H and O–H groups in total. The molecule has 0 saturated heterocycles. The first-order chi connectivity index (χ1) is 9.70. The molecule has 0 saturated carbocycles. The average Bonchev–Trinajstić information content (AvgIpc) is 2.80. The number of anilines is 1. The van der Waals surface area contributed by atoms with Gasteiger partial charge in [-0.15, -0.1) is 0 Å². The van der Waals surface area contributed by atoms with Gasteiger partial charge in [-0.2, -0.15) is 4.98 Å². The number of pyridine rings is 1. The van der Waals surface area contributed by atoms with Crippen molar-refractivity contribution >= 4 is 17.1 Å². The first-order valence-corrected chi connectivity index (χ1v) is 5.93. The maximum absolute atomic E-state index is 13.0. The summed E-state index contributed by atoms with van der Waals surface area (Å²) >= 11 is 0. The van der Waals surface area contributed by atoms with Crippen LogP contribution in [-0.2, 0) is 0 Å². The van der Waals surface area contributed by atoms with Crippen molar-refractivity contribution in [3.63, 3.8) is 0 Å².